The zero-order valence-electron chi connectivity index (χ0n) is 13.9. The van der Waals surface area contributed by atoms with Crippen LogP contribution in [0.25, 0.3) is 11.4 Å². The molecule has 2 amide bonds. The molecule has 2 heterocycles. The topological polar surface area (TPSA) is 110 Å². The number of carbonyl (C=O) groups is 2. The molecule has 0 aliphatic carbocycles. The van der Waals surface area contributed by atoms with Crippen LogP contribution in [0.3, 0.4) is 0 Å². The Labute approximate surface area is 145 Å². The number of primary amides is 1. The summed E-state index contributed by atoms with van der Waals surface area (Å²) in [5.41, 5.74) is 6.09. The molecule has 1 saturated heterocycles. The number of hydrogen-bond donors (Lipinski definition) is 1. The van der Waals surface area contributed by atoms with E-state index in [-0.39, 0.29) is 24.9 Å². The SMILES string of the molecule is NC(=O)CN1CCCN(C(=O)Cn2nnc(-c3ccccc3)n2)CC1. The monoisotopic (exact) mass is 343 g/mol. The van der Waals surface area contributed by atoms with Crippen LogP contribution in [-0.2, 0) is 16.1 Å². The molecule has 1 aromatic heterocycles. The molecule has 3 rings (SSSR count). The van der Waals surface area contributed by atoms with Gasteiger partial charge in [0, 0.05) is 31.7 Å². The average Bonchev–Trinajstić information content (AvgIpc) is 2.94. The van der Waals surface area contributed by atoms with Crippen LogP contribution in [0.2, 0.25) is 0 Å². The number of nitrogens with zero attached hydrogens (tertiary/aromatic N) is 6. The molecule has 0 atom stereocenters. The largest absolute Gasteiger partial charge is 0.369 e. The van der Waals surface area contributed by atoms with Crippen molar-refractivity contribution in [1.29, 1.82) is 0 Å². The molecule has 0 unspecified atom stereocenters. The molecule has 1 aromatic carbocycles. The summed E-state index contributed by atoms with van der Waals surface area (Å²) in [5.74, 6) is 0.0925. The average molecular weight is 343 g/mol. The molecule has 0 bridgehead atoms. The van der Waals surface area contributed by atoms with Gasteiger partial charge in [0.05, 0.1) is 6.54 Å². The van der Waals surface area contributed by atoms with Crippen LogP contribution in [-0.4, -0.2) is 74.5 Å². The van der Waals surface area contributed by atoms with E-state index in [0.717, 1.165) is 18.5 Å². The normalized spacial score (nSPS) is 15.8. The fourth-order valence-corrected chi connectivity index (χ4v) is 2.83. The number of amides is 2. The van der Waals surface area contributed by atoms with Crippen molar-refractivity contribution in [1.82, 2.24) is 30.0 Å². The van der Waals surface area contributed by atoms with E-state index in [4.69, 9.17) is 5.73 Å². The Balaban J connectivity index is 1.57. The molecule has 9 nitrogen and oxygen atoms in total. The molecule has 1 aliphatic rings. The fraction of sp³-hybridized carbons (Fsp3) is 0.438. The van der Waals surface area contributed by atoms with Crippen molar-refractivity contribution in [2.45, 2.75) is 13.0 Å². The summed E-state index contributed by atoms with van der Waals surface area (Å²) in [6, 6.07) is 9.50. The zero-order valence-corrected chi connectivity index (χ0v) is 13.9. The lowest BCUT2D eigenvalue weighted by molar-refractivity contribution is -0.132. The van der Waals surface area contributed by atoms with Gasteiger partial charge in [-0.3, -0.25) is 14.5 Å². The molecule has 1 fully saturated rings. The summed E-state index contributed by atoms with van der Waals surface area (Å²) >= 11 is 0. The molecule has 9 heteroatoms. The number of carbonyl (C=O) groups excluding carboxylic acids is 2. The first-order chi connectivity index (χ1) is 12.1. The molecule has 0 radical (unpaired) electrons. The minimum atomic E-state index is -0.347. The maximum Gasteiger partial charge on any atom is 0.246 e. The summed E-state index contributed by atoms with van der Waals surface area (Å²) in [6.45, 7) is 2.88. The lowest BCUT2D eigenvalue weighted by Crippen LogP contribution is -2.39. The van der Waals surface area contributed by atoms with Gasteiger partial charge in [0.15, 0.2) is 0 Å². The van der Waals surface area contributed by atoms with Crippen molar-refractivity contribution in [3.05, 3.63) is 30.3 Å². The van der Waals surface area contributed by atoms with Gasteiger partial charge in [-0.25, -0.2) is 0 Å². The Hall–Kier alpha value is -2.81. The molecule has 2 N–H and O–H groups in total. The molecule has 0 spiro atoms. The standard InChI is InChI=1S/C16H21N7O2/c17-14(24)11-21-7-4-8-22(10-9-21)15(25)12-23-19-16(18-20-23)13-5-2-1-3-6-13/h1-3,5-6H,4,7-12H2,(H2,17,24). The predicted molar refractivity (Wildman–Crippen MR) is 90.1 cm³/mol. The second kappa shape index (κ2) is 7.84. The highest BCUT2D eigenvalue weighted by molar-refractivity contribution is 5.76. The zero-order chi connectivity index (χ0) is 17.6. The predicted octanol–water partition coefficient (Wildman–Crippen LogP) is -0.640. The van der Waals surface area contributed by atoms with Gasteiger partial charge in [-0.05, 0) is 11.6 Å². The van der Waals surface area contributed by atoms with Gasteiger partial charge < -0.3 is 10.6 Å². The molecule has 0 saturated carbocycles. The third-order valence-electron chi connectivity index (χ3n) is 4.08. The van der Waals surface area contributed by atoms with E-state index in [0.29, 0.717) is 25.5 Å². The smallest absolute Gasteiger partial charge is 0.246 e. The van der Waals surface area contributed by atoms with Crippen LogP contribution in [0, 0.1) is 0 Å². The third kappa shape index (κ3) is 4.60. The summed E-state index contributed by atoms with van der Waals surface area (Å²) in [5, 5.41) is 12.2. The highest BCUT2D eigenvalue weighted by atomic mass is 16.2. The highest BCUT2D eigenvalue weighted by Crippen LogP contribution is 2.12. The van der Waals surface area contributed by atoms with E-state index in [1.165, 1.54) is 4.80 Å². The number of benzene rings is 1. The Kier molecular flexibility index (Phi) is 5.34. The second-order valence-electron chi connectivity index (χ2n) is 5.99. The van der Waals surface area contributed by atoms with Crippen LogP contribution >= 0.6 is 0 Å². The molecule has 1 aliphatic heterocycles. The van der Waals surface area contributed by atoms with E-state index < -0.39 is 0 Å². The van der Waals surface area contributed by atoms with E-state index >= 15 is 0 Å². The lowest BCUT2D eigenvalue weighted by Gasteiger charge is -2.20. The molecule has 25 heavy (non-hydrogen) atoms. The number of aromatic nitrogens is 4. The summed E-state index contributed by atoms with van der Waals surface area (Å²) in [6.07, 6.45) is 0.805. The van der Waals surface area contributed by atoms with Gasteiger partial charge in [-0.1, -0.05) is 30.3 Å². The van der Waals surface area contributed by atoms with Gasteiger partial charge >= 0.3 is 0 Å². The molecule has 2 aromatic rings. The minimum Gasteiger partial charge on any atom is -0.369 e. The van der Waals surface area contributed by atoms with Crippen LogP contribution in [0.4, 0.5) is 0 Å². The first kappa shape index (κ1) is 17.0. The van der Waals surface area contributed by atoms with Crippen LogP contribution in [0.1, 0.15) is 6.42 Å². The van der Waals surface area contributed by atoms with Crippen molar-refractivity contribution < 1.29 is 9.59 Å². The van der Waals surface area contributed by atoms with Crippen LogP contribution in [0.15, 0.2) is 30.3 Å². The third-order valence-corrected chi connectivity index (χ3v) is 4.08. The quantitative estimate of drug-likeness (QED) is 0.773. The molecular formula is C16H21N7O2. The van der Waals surface area contributed by atoms with Gasteiger partial charge in [0.2, 0.25) is 17.6 Å². The van der Waals surface area contributed by atoms with E-state index in [1.54, 1.807) is 4.90 Å². The van der Waals surface area contributed by atoms with Crippen molar-refractivity contribution >= 4 is 11.8 Å². The maximum absolute atomic E-state index is 12.5. The van der Waals surface area contributed by atoms with Crippen molar-refractivity contribution in [2.24, 2.45) is 5.73 Å². The molecule has 132 valence electrons. The van der Waals surface area contributed by atoms with Gasteiger partial charge in [0.1, 0.15) is 6.54 Å². The Morgan fingerprint density at radius 3 is 2.60 bits per heavy atom. The van der Waals surface area contributed by atoms with E-state index in [9.17, 15) is 9.59 Å². The number of rotatable bonds is 5. The van der Waals surface area contributed by atoms with Crippen molar-refractivity contribution in [3.8, 4) is 11.4 Å². The summed E-state index contributed by atoms with van der Waals surface area (Å²) < 4.78 is 0. The number of hydrogen-bond acceptors (Lipinski definition) is 6. The van der Waals surface area contributed by atoms with Gasteiger partial charge in [-0.15, -0.1) is 10.2 Å². The van der Waals surface area contributed by atoms with Crippen LogP contribution < -0.4 is 5.73 Å². The lowest BCUT2D eigenvalue weighted by atomic mass is 10.2. The summed E-state index contributed by atoms with van der Waals surface area (Å²) in [4.78, 5) is 28.6. The summed E-state index contributed by atoms with van der Waals surface area (Å²) in [7, 11) is 0. The molecular weight excluding hydrogens is 322 g/mol. The van der Waals surface area contributed by atoms with Crippen LogP contribution in [0.5, 0.6) is 0 Å². The Bertz CT molecular complexity index is 731. The van der Waals surface area contributed by atoms with Crippen molar-refractivity contribution in [3.63, 3.8) is 0 Å². The second-order valence-corrected chi connectivity index (χ2v) is 5.99. The first-order valence-corrected chi connectivity index (χ1v) is 8.23. The van der Waals surface area contributed by atoms with E-state index in [1.807, 2.05) is 35.2 Å². The van der Waals surface area contributed by atoms with Gasteiger partial charge in [-0.2, -0.15) is 4.80 Å². The first-order valence-electron chi connectivity index (χ1n) is 8.23. The highest BCUT2D eigenvalue weighted by Gasteiger charge is 2.21. The minimum absolute atomic E-state index is 0.0512. The Morgan fingerprint density at radius 2 is 1.84 bits per heavy atom. The number of nitrogens with two attached hydrogens (primary N) is 1. The van der Waals surface area contributed by atoms with E-state index in [2.05, 4.69) is 15.4 Å². The number of tetrazole rings is 1. The fourth-order valence-electron chi connectivity index (χ4n) is 2.83. The maximum atomic E-state index is 12.5. The van der Waals surface area contributed by atoms with Crippen molar-refractivity contribution in [2.75, 3.05) is 32.7 Å². The van der Waals surface area contributed by atoms with Gasteiger partial charge in [0.25, 0.3) is 0 Å². The Morgan fingerprint density at radius 1 is 1.04 bits per heavy atom.